The molecule has 0 bridgehead atoms. The maximum absolute atomic E-state index is 12.2. The van der Waals surface area contributed by atoms with Crippen LogP contribution in [-0.4, -0.2) is 41.4 Å². The molecule has 19 heavy (non-hydrogen) atoms. The Morgan fingerprint density at radius 1 is 1.37 bits per heavy atom. The number of hydrogen-bond donors (Lipinski definition) is 2. The molecule has 2 aliphatic rings. The van der Waals surface area contributed by atoms with E-state index in [9.17, 15) is 14.4 Å². The van der Waals surface area contributed by atoms with Gasteiger partial charge in [0.05, 0.1) is 6.42 Å². The zero-order chi connectivity index (χ0) is 14.0. The number of carbonyl (C=O) groups excluding carboxylic acids is 3. The van der Waals surface area contributed by atoms with Crippen molar-refractivity contribution in [2.75, 3.05) is 6.54 Å². The molecule has 1 saturated carbocycles. The smallest absolute Gasteiger partial charge is 0.322 e. The molecule has 4 amide bonds. The topological polar surface area (TPSA) is 78.5 Å². The predicted octanol–water partition coefficient (Wildman–Crippen LogP) is 0.622. The molecule has 106 valence electrons. The van der Waals surface area contributed by atoms with Gasteiger partial charge in [0.15, 0.2) is 0 Å². The van der Waals surface area contributed by atoms with E-state index in [0.29, 0.717) is 12.0 Å². The molecule has 6 heteroatoms. The van der Waals surface area contributed by atoms with E-state index in [0.717, 1.165) is 25.8 Å². The monoisotopic (exact) mass is 267 g/mol. The number of hydrogen-bond acceptors (Lipinski definition) is 3. The van der Waals surface area contributed by atoms with Gasteiger partial charge in [-0.3, -0.25) is 14.9 Å². The van der Waals surface area contributed by atoms with E-state index < -0.39 is 18.0 Å². The van der Waals surface area contributed by atoms with Crippen LogP contribution in [0.2, 0.25) is 0 Å². The van der Waals surface area contributed by atoms with Crippen molar-refractivity contribution in [2.45, 2.75) is 51.6 Å². The minimum Gasteiger partial charge on any atom is -0.340 e. The third-order valence-corrected chi connectivity index (χ3v) is 3.49. The Balaban J connectivity index is 1.88. The van der Waals surface area contributed by atoms with Crippen LogP contribution in [0.3, 0.4) is 0 Å². The number of amides is 4. The summed E-state index contributed by atoms with van der Waals surface area (Å²) in [6, 6.07) is -0.880. The number of urea groups is 1. The maximum Gasteiger partial charge on any atom is 0.322 e. The molecule has 0 radical (unpaired) electrons. The van der Waals surface area contributed by atoms with Gasteiger partial charge in [-0.05, 0) is 25.2 Å². The molecular formula is C13H21N3O3. The standard InChI is InChI=1S/C13H21N3O3/c1-8(2)5-6-16(9-3-4-9)11(17)7-10-12(18)15-13(19)14-10/h8-10H,3-7H2,1-2H3,(H2,14,15,18,19)/t10-/m1/s1. The third-order valence-electron chi connectivity index (χ3n) is 3.49. The van der Waals surface area contributed by atoms with E-state index >= 15 is 0 Å². The van der Waals surface area contributed by atoms with Crippen LogP contribution in [0.4, 0.5) is 4.79 Å². The summed E-state index contributed by atoms with van der Waals surface area (Å²) in [5.41, 5.74) is 0. The quantitative estimate of drug-likeness (QED) is 0.692. The Bertz CT molecular complexity index is 391. The van der Waals surface area contributed by atoms with Crippen molar-refractivity contribution in [1.29, 1.82) is 0 Å². The highest BCUT2D eigenvalue weighted by atomic mass is 16.2. The van der Waals surface area contributed by atoms with Gasteiger partial charge in [0, 0.05) is 12.6 Å². The highest BCUT2D eigenvalue weighted by molar-refractivity contribution is 6.05. The molecule has 0 unspecified atom stereocenters. The summed E-state index contributed by atoms with van der Waals surface area (Å²) in [5, 5.41) is 4.61. The van der Waals surface area contributed by atoms with Crippen LogP contribution in [0, 0.1) is 5.92 Å². The maximum atomic E-state index is 12.2. The van der Waals surface area contributed by atoms with Gasteiger partial charge in [0.25, 0.3) is 5.91 Å². The van der Waals surface area contributed by atoms with E-state index in [1.807, 2.05) is 4.90 Å². The van der Waals surface area contributed by atoms with E-state index in [1.54, 1.807) is 0 Å². The molecule has 0 aromatic carbocycles. The summed E-state index contributed by atoms with van der Waals surface area (Å²) < 4.78 is 0. The van der Waals surface area contributed by atoms with Crippen molar-refractivity contribution in [3.05, 3.63) is 0 Å². The van der Waals surface area contributed by atoms with Crippen LogP contribution in [0.15, 0.2) is 0 Å². The number of rotatable bonds is 6. The third kappa shape index (κ3) is 3.68. The lowest BCUT2D eigenvalue weighted by Crippen LogP contribution is -2.40. The highest BCUT2D eigenvalue weighted by Gasteiger charge is 2.37. The normalized spacial score (nSPS) is 22.4. The average Bonchev–Trinajstić information content (AvgIpc) is 3.07. The molecule has 1 saturated heterocycles. The van der Waals surface area contributed by atoms with Crippen LogP contribution in [0.5, 0.6) is 0 Å². The number of nitrogens with zero attached hydrogens (tertiary/aromatic N) is 1. The molecule has 1 aliphatic heterocycles. The second-order valence-electron chi connectivity index (χ2n) is 5.72. The number of nitrogens with one attached hydrogen (secondary N) is 2. The van der Waals surface area contributed by atoms with E-state index in [4.69, 9.17) is 0 Å². The number of carbonyl (C=O) groups is 3. The Labute approximate surface area is 112 Å². The first-order valence-corrected chi connectivity index (χ1v) is 6.88. The molecule has 2 fully saturated rings. The lowest BCUT2D eigenvalue weighted by molar-refractivity contribution is -0.134. The predicted molar refractivity (Wildman–Crippen MR) is 69.3 cm³/mol. The lowest BCUT2D eigenvalue weighted by Gasteiger charge is -2.24. The Morgan fingerprint density at radius 3 is 2.53 bits per heavy atom. The fourth-order valence-corrected chi connectivity index (χ4v) is 2.19. The van der Waals surface area contributed by atoms with Crippen molar-refractivity contribution >= 4 is 17.8 Å². The highest BCUT2D eigenvalue weighted by Crippen LogP contribution is 2.28. The van der Waals surface area contributed by atoms with Crippen LogP contribution < -0.4 is 10.6 Å². The molecule has 2 rings (SSSR count). The van der Waals surface area contributed by atoms with Gasteiger partial charge in [-0.15, -0.1) is 0 Å². The van der Waals surface area contributed by atoms with Crippen molar-refractivity contribution in [1.82, 2.24) is 15.5 Å². The van der Waals surface area contributed by atoms with Gasteiger partial charge in [-0.25, -0.2) is 4.79 Å². The summed E-state index contributed by atoms with van der Waals surface area (Å²) in [5.74, 6) is 0.104. The zero-order valence-electron chi connectivity index (χ0n) is 11.4. The average molecular weight is 267 g/mol. The summed E-state index contributed by atoms with van der Waals surface area (Å²) >= 11 is 0. The van der Waals surface area contributed by atoms with Crippen LogP contribution in [0.1, 0.15) is 39.5 Å². The van der Waals surface area contributed by atoms with Gasteiger partial charge >= 0.3 is 6.03 Å². The summed E-state index contributed by atoms with van der Waals surface area (Å²) in [4.78, 5) is 36.6. The molecule has 0 spiro atoms. The van der Waals surface area contributed by atoms with Crippen molar-refractivity contribution in [2.24, 2.45) is 5.92 Å². The first kappa shape index (κ1) is 13.8. The first-order chi connectivity index (χ1) is 8.97. The molecule has 0 aromatic heterocycles. The van der Waals surface area contributed by atoms with E-state index in [-0.39, 0.29) is 12.3 Å². The van der Waals surface area contributed by atoms with Gasteiger partial charge in [-0.1, -0.05) is 13.8 Å². The molecular weight excluding hydrogens is 246 g/mol. The summed E-state index contributed by atoms with van der Waals surface area (Å²) in [6.45, 7) is 4.99. The Hall–Kier alpha value is -1.59. The summed E-state index contributed by atoms with van der Waals surface area (Å²) in [6.07, 6.45) is 3.12. The van der Waals surface area contributed by atoms with Crippen LogP contribution in [-0.2, 0) is 9.59 Å². The molecule has 1 aliphatic carbocycles. The molecule has 1 atom stereocenters. The molecule has 0 aromatic rings. The van der Waals surface area contributed by atoms with Gasteiger partial charge in [0.1, 0.15) is 6.04 Å². The van der Waals surface area contributed by atoms with Crippen LogP contribution in [0.25, 0.3) is 0 Å². The van der Waals surface area contributed by atoms with Gasteiger partial charge < -0.3 is 10.2 Å². The van der Waals surface area contributed by atoms with Crippen molar-refractivity contribution in [3.63, 3.8) is 0 Å². The minimum absolute atomic E-state index is 0.0366. The van der Waals surface area contributed by atoms with Crippen molar-refractivity contribution < 1.29 is 14.4 Å². The minimum atomic E-state index is -0.708. The Morgan fingerprint density at radius 2 is 2.05 bits per heavy atom. The fourth-order valence-electron chi connectivity index (χ4n) is 2.19. The first-order valence-electron chi connectivity index (χ1n) is 6.88. The second kappa shape index (κ2) is 5.59. The summed E-state index contributed by atoms with van der Waals surface area (Å²) in [7, 11) is 0. The largest absolute Gasteiger partial charge is 0.340 e. The van der Waals surface area contributed by atoms with E-state index in [2.05, 4.69) is 24.5 Å². The second-order valence-corrected chi connectivity index (χ2v) is 5.72. The molecule has 1 heterocycles. The lowest BCUT2D eigenvalue weighted by atomic mass is 10.1. The SMILES string of the molecule is CC(C)CCN(C(=O)C[C@H]1NC(=O)NC1=O)C1CC1. The Kier molecular flexibility index (Phi) is 4.07. The number of imide groups is 1. The van der Waals surface area contributed by atoms with Gasteiger partial charge in [0.2, 0.25) is 5.91 Å². The molecule has 2 N–H and O–H groups in total. The van der Waals surface area contributed by atoms with Gasteiger partial charge in [-0.2, -0.15) is 0 Å². The van der Waals surface area contributed by atoms with E-state index in [1.165, 1.54) is 0 Å². The fraction of sp³-hybridized carbons (Fsp3) is 0.769. The van der Waals surface area contributed by atoms with Crippen molar-refractivity contribution in [3.8, 4) is 0 Å². The van der Waals surface area contributed by atoms with Crippen LogP contribution >= 0.6 is 0 Å². The molecule has 6 nitrogen and oxygen atoms in total. The zero-order valence-corrected chi connectivity index (χ0v) is 11.4.